The standard InChI is InChI=1S/C16H19N3O4/c1-9(20)17-12-3-2-4-13-14(12)18-16(23)19(13)11-7-5-10(6-8-11)15(21)22/h2-4,10-11H,5-8H2,1H3,(H,17,20)(H,18,23)(H,21,22)/t10-,11+. The van der Waals surface area contributed by atoms with E-state index >= 15 is 0 Å². The number of carboxylic acid groups (broad SMARTS) is 1. The summed E-state index contributed by atoms with van der Waals surface area (Å²) >= 11 is 0. The minimum Gasteiger partial charge on any atom is -0.481 e. The van der Waals surface area contributed by atoms with Crippen molar-refractivity contribution < 1.29 is 14.7 Å². The van der Waals surface area contributed by atoms with E-state index in [1.54, 1.807) is 16.7 Å². The van der Waals surface area contributed by atoms with Crippen LogP contribution < -0.4 is 11.0 Å². The normalized spacial score (nSPS) is 21.3. The van der Waals surface area contributed by atoms with Crippen LogP contribution >= 0.6 is 0 Å². The molecular formula is C16H19N3O4. The fourth-order valence-electron chi connectivity index (χ4n) is 3.39. The largest absolute Gasteiger partial charge is 0.481 e. The highest BCUT2D eigenvalue weighted by Gasteiger charge is 2.28. The number of aliphatic carboxylic acids is 1. The zero-order chi connectivity index (χ0) is 16.6. The van der Waals surface area contributed by atoms with Gasteiger partial charge in [0.1, 0.15) is 0 Å². The van der Waals surface area contributed by atoms with Gasteiger partial charge in [0, 0.05) is 13.0 Å². The van der Waals surface area contributed by atoms with Crippen LogP contribution in [-0.2, 0) is 9.59 Å². The molecule has 3 rings (SSSR count). The van der Waals surface area contributed by atoms with Gasteiger partial charge in [-0.1, -0.05) is 6.07 Å². The second-order valence-electron chi connectivity index (χ2n) is 6.02. The van der Waals surface area contributed by atoms with Crippen molar-refractivity contribution in [1.29, 1.82) is 0 Å². The first-order valence-electron chi connectivity index (χ1n) is 7.71. The SMILES string of the molecule is CC(=O)Nc1cccc2c1[nH]c(=O)n2[C@H]1CC[C@@H](C(=O)O)CC1. The number of carbonyl (C=O) groups excluding carboxylic acids is 1. The van der Waals surface area contributed by atoms with Crippen molar-refractivity contribution in [2.45, 2.75) is 38.6 Å². The lowest BCUT2D eigenvalue weighted by atomic mass is 9.86. The Morgan fingerprint density at radius 2 is 1.96 bits per heavy atom. The lowest BCUT2D eigenvalue weighted by Crippen LogP contribution is -2.28. The number of rotatable bonds is 3. The predicted molar refractivity (Wildman–Crippen MR) is 85.5 cm³/mol. The zero-order valence-corrected chi connectivity index (χ0v) is 12.8. The topological polar surface area (TPSA) is 104 Å². The molecule has 2 aromatic rings. The first kappa shape index (κ1) is 15.3. The Hall–Kier alpha value is -2.57. The van der Waals surface area contributed by atoms with Crippen molar-refractivity contribution in [2.24, 2.45) is 5.92 Å². The van der Waals surface area contributed by atoms with Gasteiger partial charge in [0.05, 0.1) is 22.6 Å². The number of hydrogen-bond acceptors (Lipinski definition) is 3. The number of H-pyrrole nitrogens is 1. The van der Waals surface area contributed by atoms with Gasteiger partial charge in [-0.15, -0.1) is 0 Å². The quantitative estimate of drug-likeness (QED) is 0.806. The molecule has 1 heterocycles. The molecule has 3 N–H and O–H groups in total. The minimum absolute atomic E-state index is 0.0144. The van der Waals surface area contributed by atoms with Crippen molar-refractivity contribution in [2.75, 3.05) is 5.32 Å². The van der Waals surface area contributed by atoms with Gasteiger partial charge in [-0.05, 0) is 37.8 Å². The van der Waals surface area contributed by atoms with E-state index in [-0.39, 0.29) is 23.6 Å². The summed E-state index contributed by atoms with van der Waals surface area (Å²) in [4.78, 5) is 37.5. The molecule has 0 radical (unpaired) electrons. The zero-order valence-electron chi connectivity index (χ0n) is 12.8. The van der Waals surface area contributed by atoms with Crippen LogP contribution in [0.2, 0.25) is 0 Å². The molecule has 1 amide bonds. The van der Waals surface area contributed by atoms with E-state index in [2.05, 4.69) is 10.3 Å². The Morgan fingerprint density at radius 1 is 1.26 bits per heavy atom. The highest BCUT2D eigenvalue weighted by atomic mass is 16.4. The molecule has 0 unspecified atom stereocenters. The summed E-state index contributed by atoms with van der Waals surface area (Å²) in [5, 5.41) is 11.8. The second-order valence-corrected chi connectivity index (χ2v) is 6.02. The number of carboxylic acids is 1. The number of amides is 1. The van der Waals surface area contributed by atoms with Crippen LogP contribution in [0, 0.1) is 5.92 Å². The van der Waals surface area contributed by atoms with E-state index in [4.69, 9.17) is 5.11 Å². The Kier molecular flexibility index (Phi) is 3.94. The van der Waals surface area contributed by atoms with Crippen molar-refractivity contribution in [3.8, 4) is 0 Å². The summed E-state index contributed by atoms with van der Waals surface area (Å²) in [6.07, 6.45) is 2.47. The Morgan fingerprint density at radius 3 is 2.57 bits per heavy atom. The average Bonchev–Trinajstić information content (AvgIpc) is 2.84. The Labute approximate surface area is 132 Å². The van der Waals surface area contributed by atoms with Crippen molar-refractivity contribution in [3.63, 3.8) is 0 Å². The summed E-state index contributed by atoms with van der Waals surface area (Å²) in [5.74, 6) is -1.28. The first-order chi connectivity index (χ1) is 11.0. The summed E-state index contributed by atoms with van der Waals surface area (Å²) in [5.41, 5.74) is 1.69. The van der Waals surface area contributed by atoms with Crippen molar-refractivity contribution in [1.82, 2.24) is 9.55 Å². The molecule has 1 fully saturated rings. The first-order valence-corrected chi connectivity index (χ1v) is 7.71. The smallest absolute Gasteiger partial charge is 0.326 e. The van der Waals surface area contributed by atoms with Crippen molar-refractivity contribution in [3.05, 3.63) is 28.7 Å². The molecule has 122 valence electrons. The molecule has 7 heteroatoms. The van der Waals surface area contributed by atoms with E-state index < -0.39 is 5.97 Å². The number of para-hydroxylation sites is 1. The van der Waals surface area contributed by atoms with Gasteiger partial charge < -0.3 is 15.4 Å². The van der Waals surface area contributed by atoms with Crippen LogP contribution in [0.1, 0.15) is 38.6 Å². The van der Waals surface area contributed by atoms with Gasteiger partial charge in [-0.3, -0.25) is 14.2 Å². The van der Waals surface area contributed by atoms with Crippen LogP contribution in [0.3, 0.4) is 0 Å². The third-order valence-corrected chi connectivity index (χ3v) is 4.47. The van der Waals surface area contributed by atoms with Gasteiger partial charge in [-0.2, -0.15) is 0 Å². The molecule has 0 spiro atoms. The van der Waals surface area contributed by atoms with Gasteiger partial charge in [-0.25, -0.2) is 4.79 Å². The summed E-state index contributed by atoms with van der Waals surface area (Å²) in [6.45, 7) is 1.42. The minimum atomic E-state index is -0.761. The van der Waals surface area contributed by atoms with E-state index in [1.165, 1.54) is 6.92 Å². The highest BCUT2D eigenvalue weighted by Crippen LogP contribution is 2.34. The number of fused-ring (bicyclic) bond motifs is 1. The van der Waals surface area contributed by atoms with Crippen LogP contribution in [-0.4, -0.2) is 26.5 Å². The van der Waals surface area contributed by atoms with Gasteiger partial charge in [0.2, 0.25) is 5.91 Å². The van der Waals surface area contributed by atoms with E-state index in [1.807, 2.05) is 6.07 Å². The molecule has 0 atom stereocenters. The second kappa shape index (κ2) is 5.91. The number of nitrogens with one attached hydrogen (secondary N) is 2. The molecule has 0 bridgehead atoms. The fraction of sp³-hybridized carbons (Fsp3) is 0.438. The summed E-state index contributed by atoms with van der Waals surface area (Å²) in [6, 6.07) is 5.35. The molecule has 1 aromatic carbocycles. The molecule has 1 saturated carbocycles. The number of imidazole rings is 1. The summed E-state index contributed by atoms with van der Waals surface area (Å²) in [7, 11) is 0. The fourth-order valence-corrected chi connectivity index (χ4v) is 3.39. The summed E-state index contributed by atoms with van der Waals surface area (Å²) < 4.78 is 1.69. The number of nitrogens with zero attached hydrogens (tertiary/aromatic N) is 1. The van der Waals surface area contributed by atoms with Gasteiger partial charge in [0.25, 0.3) is 0 Å². The molecule has 1 aliphatic rings. The number of hydrogen-bond donors (Lipinski definition) is 3. The number of anilines is 1. The molecule has 7 nitrogen and oxygen atoms in total. The maximum atomic E-state index is 12.4. The lowest BCUT2D eigenvalue weighted by molar-refractivity contribution is -0.143. The lowest BCUT2D eigenvalue weighted by Gasteiger charge is -2.27. The average molecular weight is 317 g/mol. The predicted octanol–water partition coefficient (Wildman–Crippen LogP) is 2.10. The van der Waals surface area contributed by atoms with E-state index in [9.17, 15) is 14.4 Å². The number of aromatic nitrogens is 2. The van der Waals surface area contributed by atoms with Crippen molar-refractivity contribution >= 4 is 28.6 Å². The van der Waals surface area contributed by atoms with Crippen LogP contribution in [0.4, 0.5) is 5.69 Å². The monoisotopic (exact) mass is 317 g/mol. The Balaban J connectivity index is 1.96. The molecular weight excluding hydrogens is 298 g/mol. The molecule has 0 saturated heterocycles. The molecule has 1 aliphatic carbocycles. The highest BCUT2D eigenvalue weighted by molar-refractivity contribution is 5.98. The third-order valence-electron chi connectivity index (χ3n) is 4.47. The Bertz CT molecular complexity index is 812. The molecule has 1 aromatic heterocycles. The molecule has 23 heavy (non-hydrogen) atoms. The molecule has 0 aliphatic heterocycles. The van der Waals surface area contributed by atoms with Gasteiger partial charge >= 0.3 is 11.7 Å². The number of benzene rings is 1. The van der Waals surface area contributed by atoms with E-state index in [0.717, 1.165) is 5.52 Å². The van der Waals surface area contributed by atoms with Crippen LogP contribution in [0.5, 0.6) is 0 Å². The van der Waals surface area contributed by atoms with E-state index in [0.29, 0.717) is 36.9 Å². The van der Waals surface area contributed by atoms with Crippen LogP contribution in [0.25, 0.3) is 11.0 Å². The van der Waals surface area contributed by atoms with Crippen LogP contribution in [0.15, 0.2) is 23.0 Å². The number of aromatic amines is 1. The third kappa shape index (κ3) is 2.86. The maximum Gasteiger partial charge on any atom is 0.326 e. The van der Waals surface area contributed by atoms with Gasteiger partial charge in [0.15, 0.2) is 0 Å². The maximum absolute atomic E-state index is 12.4. The number of carbonyl (C=O) groups is 2.